The normalized spacial score (nSPS) is 15.1. The first-order valence-electron chi connectivity index (χ1n) is 15.4. The minimum Gasteiger partial charge on any atom is -0.0617 e. The van der Waals surface area contributed by atoms with Crippen molar-refractivity contribution in [3.63, 3.8) is 0 Å². The molecule has 0 aliphatic rings. The lowest BCUT2D eigenvalue weighted by Crippen LogP contribution is -2.32. The van der Waals surface area contributed by atoms with Gasteiger partial charge in [-0.1, -0.05) is 156 Å². The van der Waals surface area contributed by atoms with Gasteiger partial charge in [-0.05, 0) is 89.3 Å². The molecule has 0 nitrogen and oxygen atoms in total. The summed E-state index contributed by atoms with van der Waals surface area (Å²) < 4.78 is 0. The summed E-state index contributed by atoms with van der Waals surface area (Å²) in [5.74, 6) is 0.414. The third kappa shape index (κ3) is 7.40. The van der Waals surface area contributed by atoms with Crippen LogP contribution in [0.2, 0.25) is 0 Å². The second kappa shape index (κ2) is 10.4. The first-order chi connectivity index (χ1) is 17.1. The lowest BCUT2D eigenvalue weighted by molar-refractivity contribution is 0.481. The molecule has 0 bridgehead atoms. The number of hydrogen-bond acceptors (Lipinski definition) is 0. The zero-order valence-corrected chi connectivity index (χ0v) is 29.6. The van der Waals surface area contributed by atoms with Gasteiger partial charge in [0, 0.05) is 0 Å². The van der Waals surface area contributed by atoms with E-state index >= 15 is 0 Å². The standard InChI is InChI=1S/C39H64/c1-25(26-21-20-22-28(34(2,3)4)31(26)37(11,12)13)23-27-29(35(5,6)7)24-30(36(8,9)10)33(39(17,18)19)32(27)38(14,15)16/h20-22,24-25H,23H2,1-19H3. The molecule has 0 aromatic heterocycles. The minimum atomic E-state index is 0.0407. The second-order valence-electron chi connectivity index (χ2n) is 18.6. The Morgan fingerprint density at radius 1 is 0.462 bits per heavy atom. The zero-order valence-electron chi connectivity index (χ0n) is 29.6. The molecule has 1 atom stereocenters. The van der Waals surface area contributed by atoms with Gasteiger partial charge in [-0.2, -0.15) is 0 Å². The van der Waals surface area contributed by atoms with Crippen LogP contribution < -0.4 is 0 Å². The van der Waals surface area contributed by atoms with Crippen LogP contribution in [0, 0.1) is 0 Å². The summed E-state index contributed by atoms with van der Waals surface area (Å²) in [6, 6.07) is 9.70. The molecule has 0 fully saturated rings. The monoisotopic (exact) mass is 533 g/mol. The Morgan fingerprint density at radius 3 is 1.23 bits per heavy atom. The molecule has 0 N–H and O–H groups in total. The van der Waals surface area contributed by atoms with Gasteiger partial charge in [-0.3, -0.25) is 0 Å². The van der Waals surface area contributed by atoms with Crippen molar-refractivity contribution >= 4 is 0 Å². The average molecular weight is 533 g/mol. The van der Waals surface area contributed by atoms with E-state index in [0.717, 1.165) is 6.42 Å². The third-order valence-electron chi connectivity index (χ3n) is 8.25. The number of hydrogen-bond donors (Lipinski definition) is 0. The van der Waals surface area contributed by atoms with E-state index in [0.29, 0.717) is 5.92 Å². The van der Waals surface area contributed by atoms with Crippen LogP contribution in [0.3, 0.4) is 0 Å². The van der Waals surface area contributed by atoms with E-state index < -0.39 is 0 Å². The fraction of sp³-hybridized carbons (Fsp3) is 0.692. The SMILES string of the molecule is CC(Cc1c(C(C)(C)C)cc(C(C)(C)C)c(C(C)(C)C)c1C(C)(C)C)c1cccc(C(C)(C)C)c1C(C)(C)C. The van der Waals surface area contributed by atoms with E-state index in [4.69, 9.17) is 0 Å². The molecule has 0 spiro atoms. The van der Waals surface area contributed by atoms with Crippen LogP contribution in [0.4, 0.5) is 0 Å². The highest BCUT2D eigenvalue weighted by atomic mass is 14.4. The van der Waals surface area contributed by atoms with Crippen molar-refractivity contribution in [2.45, 2.75) is 176 Å². The third-order valence-corrected chi connectivity index (χ3v) is 8.25. The number of rotatable bonds is 3. The smallest absolute Gasteiger partial charge is 0.0126 e. The van der Waals surface area contributed by atoms with Crippen LogP contribution in [0.5, 0.6) is 0 Å². The maximum atomic E-state index is 2.61. The second-order valence-corrected chi connectivity index (χ2v) is 18.6. The number of benzene rings is 2. The van der Waals surface area contributed by atoms with E-state index in [9.17, 15) is 0 Å². The van der Waals surface area contributed by atoms with E-state index in [-0.39, 0.29) is 32.5 Å². The summed E-state index contributed by atoms with van der Waals surface area (Å²) in [7, 11) is 0. The van der Waals surface area contributed by atoms with E-state index in [2.05, 4.69) is 156 Å². The van der Waals surface area contributed by atoms with Gasteiger partial charge in [0.25, 0.3) is 0 Å². The quantitative estimate of drug-likeness (QED) is 0.369. The first-order valence-corrected chi connectivity index (χ1v) is 15.4. The molecule has 2 aromatic rings. The van der Waals surface area contributed by atoms with Crippen LogP contribution in [-0.2, 0) is 38.9 Å². The fourth-order valence-electron chi connectivity index (χ4n) is 6.66. The van der Waals surface area contributed by atoms with Crippen LogP contribution in [0.1, 0.15) is 182 Å². The Bertz CT molecular complexity index is 1160. The molecule has 0 heterocycles. The van der Waals surface area contributed by atoms with Gasteiger partial charge in [0.05, 0.1) is 0 Å². The van der Waals surface area contributed by atoms with Crippen LogP contribution in [-0.4, -0.2) is 0 Å². The van der Waals surface area contributed by atoms with Gasteiger partial charge in [0.1, 0.15) is 0 Å². The van der Waals surface area contributed by atoms with Gasteiger partial charge < -0.3 is 0 Å². The van der Waals surface area contributed by atoms with Gasteiger partial charge in [0.15, 0.2) is 0 Å². The van der Waals surface area contributed by atoms with Gasteiger partial charge in [-0.25, -0.2) is 0 Å². The summed E-state index contributed by atoms with van der Waals surface area (Å²) in [6.45, 7) is 45.7. The van der Waals surface area contributed by atoms with Crippen LogP contribution >= 0.6 is 0 Å². The first kappa shape index (κ1) is 33.6. The summed E-state index contributed by atoms with van der Waals surface area (Å²) in [4.78, 5) is 0. The predicted molar refractivity (Wildman–Crippen MR) is 177 cm³/mol. The molecule has 0 aliphatic carbocycles. The molecular formula is C39H64. The van der Waals surface area contributed by atoms with E-state index in [1.807, 2.05) is 0 Å². The fourth-order valence-corrected chi connectivity index (χ4v) is 6.66. The Kier molecular flexibility index (Phi) is 8.94. The van der Waals surface area contributed by atoms with Gasteiger partial charge in [0.2, 0.25) is 0 Å². The Hall–Kier alpha value is -1.56. The molecule has 39 heavy (non-hydrogen) atoms. The Labute approximate surface area is 244 Å². The Morgan fingerprint density at radius 2 is 0.872 bits per heavy atom. The molecule has 0 saturated heterocycles. The highest BCUT2D eigenvalue weighted by Crippen LogP contribution is 2.48. The average Bonchev–Trinajstić information content (AvgIpc) is 2.68. The van der Waals surface area contributed by atoms with Crippen molar-refractivity contribution in [2.24, 2.45) is 0 Å². The molecule has 1 unspecified atom stereocenters. The minimum absolute atomic E-state index is 0.0407. The van der Waals surface area contributed by atoms with Crippen molar-refractivity contribution in [1.29, 1.82) is 0 Å². The highest BCUT2D eigenvalue weighted by molar-refractivity contribution is 5.57. The van der Waals surface area contributed by atoms with Crippen LogP contribution in [0.15, 0.2) is 24.3 Å². The molecule has 0 saturated carbocycles. The van der Waals surface area contributed by atoms with Crippen molar-refractivity contribution in [3.05, 3.63) is 68.8 Å². The maximum Gasteiger partial charge on any atom is -0.0126 e. The zero-order chi connectivity index (χ0) is 30.7. The van der Waals surface area contributed by atoms with E-state index in [1.54, 1.807) is 22.3 Å². The lowest BCUT2D eigenvalue weighted by Gasteiger charge is -2.42. The molecule has 2 rings (SSSR count). The van der Waals surface area contributed by atoms with Gasteiger partial charge >= 0.3 is 0 Å². The summed E-state index contributed by atoms with van der Waals surface area (Å²) in [5, 5.41) is 0. The van der Waals surface area contributed by atoms with Crippen molar-refractivity contribution in [3.8, 4) is 0 Å². The maximum absolute atomic E-state index is 2.61. The van der Waals surface area contributed by atoms with E-state index in [1.165, 1.54) is 22.3 Å². The largest absolute Gasteiger partial charge is 0.0617 e. The van der Waals surface area contributed by atoms with Crippen LogP contribution in [0.25, 0.3) is 0 Å². The predicted octanol–water partition coefficient (Wildman–Crippen LogP) is 11.8. The lowest BCUT2D eigenvalue weighted by atomic mass is 9.63. The molecule has 220 valence electrons. The molecule has 0 radical (unpaired) electrons. The van der Waals surface area contributed by atoms with Gasteiger partial charge in [-0.15, -0.1) is 0 Å². The summed E-state index contributed by atoms with van der Waals surface area (Å²) >= 11 is 0. The summed E-state index contributed by atoms with van der Waals surface area (Å²) in [6.07, 6.45) is 1.06. The van der Waals surface area contributed by atoms with Crippen molar-refractivity contribution < 1.29 is 0 Å². The molecular weight excluding hydrogens is 468 g/mol. The molecule has 2 aromatic carbocycles. The molecule has 0 amide bonds. The highest BCUT2D eigenvalue weighted by Gasteiger charge is 2.38. The molecule has 0 heteroatoms. The molecule has 0 aliphatic heterocycles. The van der Waals surface area contributed by atoms with Crippen molar-refractivity contribution in [1.82, 2.24) is 0 Å². The van der Waals surface area contributed by atoms with Crippen molar-refractivity contribution in [2.75, 3.05) is 0 Å². The summed E-state index contributed by atoms with van der Waals surface area (Å²) in [5.41, 5.74) is 12.8. The Balaban J connectivity index is 3.07. The topological polar surface area (TPSA) is 0 Å².